The largest absolute Gasteiger partial charge is 0.436 e. The minimum absolute atomic E-state index is 0.0993. The standard InChI is InChI=1S/C38H30N4O4S/c1-25-14-16-26(17-15-25)22-33(41-36(44)27-8-3-2-4-9-27)37(45)40-30-10-7-11-31(23-30)47-24-35(43)39-29-20-18-28(19-21-29)38-42-32-12-5-6-13-34(32)46-38/h2-23H,24H2,1H3,(H,39,43)(H,40,45)(H,41,44)/b33-22-. The summed E-state index contributed by atoms with van der Waals surface area (Å²) in [6.07, 6.45) is 1.64. The zero-order valence-corrected chi connectivity index (χ0v) is 26.2. The normalized spacial score (nSPS) is 11.2. The molecule has 1 aromatic heterocycles. The van der Waals surface area contributed by atoms with Gasteiger partial charge in [0.25, 0.3) is 11.8 Å². The fourth-order valence-corrected chi connectivity index (χ4v) is 5.43. The second-order valence-electron chi connectivity index (χ2n) is 10.7. The third-order valence-corrected chi connectivity index (χ3v) is 8.08. The lowest BCUT2D eigenvalue weighted by molar-refractivity contribution is -0.114. The van der Waals surface area contributed by atoms with Crippen LogP contribution in [0.25, 0.3) is 28.6 Å². The molecule has 0 aliphatic carbocycles. The van der Waals surface area contributed by atoms with Gasteiger partial charge < -0.3 is 20.4 Å². The summed E-state index contributed by atoms with van der Waals surface area (Å²) in [7, 11) is 0. The van der Waals surface area contributed by atoms with E-state index in [4.69, 9.17) is 4.42 Å². The van der Waals surface area contributed by atoms with Crippen molar-refractivity contribution in [2.45, 2.75) is 11.8 Å². The van der Waals surface area contributed by atoms with Crippen molar-refractivity contribution in [1.29, 1.82) is 0 Å². The molecule has 9 heteroatoms. The number of carbonyl (C=O) groups is 3. The van der Waals surface area contributed by atoms with Crippen molar-refractivity contribution in [1.82, 2.24) is 10.3 Å². The maximum absolute atomic E-state index is 13.4. The smallest absolute Gasteiger partial charge is 0.272 e. The number of hydrogen-bond donors (Lipinski definition) is 3. The first-order valence-corrected chi connectivity index (χ1v) is 15.8. The molecule has 6 aromatic rings. The number of rotatable bonds is 10. The summed E-state index contributed by atoms with van der Waals surface area (Å²) in [4.78, 5) is 44.4. The minimum Gasteiger partial charge on any atom is -0.436 e. The molecule has 0 aliphatic heterocycles. The van der Waals surface area contributed by atoms with Crippen LogP contribution in [0.2, 0.25) is 0 Å². The van der Waals surface area contributed by atoms with Crippen LogP contribution < -0.4 is 16.0 Å². The number of hydrogen-bond acceptors (Lipinski definition) is 6. The molecule has 1 heterocycles. The summed E-state index contributed by atoms with van der Waals surface area (Å²) in [5.41, 5.74) is 5.88. The topological polar surface area (TPSA) is 113 Å². The molecule has 232 valence electrons. The maximum Gasteiger partial charge on any atom is 0.272 e. The monoisotopic (exact) mass is 638 g/mol. The average molecular weight is 639 g/mol. The van der Waals surface area contributed by atoms with E-state index < -0.39 is 11.8 Å². The molecule has 0 spiro atoms. The number of carbonyl (C=O) groups excluding carboxylic acids is 3. The predicted octanol–water partition coefficient (Wildman–Crippen LogP) is 7.94. The minimum atomic E-state index is -0.476. The maximum atomic E-state index is 13.4. The number of oxazole rings is 1. The molecule has 0 radical (unpaired) electrons. The quantitative estimate of drug-likeness (QED) is 0.104. The first kappa shape index (κ1) is 31.1. The fraction of sp³-hybridized carbons (Fsp3) is 0.0526. The van der Waals surface area contributed by atoms with E-state index in [2.05, 4.69) is 20.9 Å². The van der Waals surface area contributed by atoms with E-state index in [1.54, 1.807) is 60.7 Å². The SMILES string of the molecule is Cc1ccc(/C=C(\NC(=O)c2ccccc2)C(=O)Nc2cccc(SCC(=O)Nc3ccc(-c4nc5ccccc5o4)cc3)c2)cc1. The van der Waals surface area contributed by atoms with E-state index in [1.165, 1.54) is 11.8 Å². The second kappa shape index (κ2) is 14.4. The van der Waals surface area contributed by atoms with Crippen molar-refractivity contribution in [2.24, 2.45) is 0 Å². The lowest BCUT2D eigenvalue weighted by Gasteiger charge is -2.12. The summed E-state index contributed by atoms with van der Waals surface area (Å²) in [5, 5.41) is 8.54. The number of nitrogens with zero attached hydrogens (tertiary/aromatic N) is 1. The summed E-state index contributed by atoms with van der Waals surface area (Å²) < 4.78 is 5.83. The molecule has 0 unspecified atom stereocenters. The molecular formula is C38H30N4O4S. The molecule has 0 aliphatic rings. The van der Waals surface area contributed by atoms with E-state index in [0.717, 1.165) is 32.7 Å². The van der Waals surface area contributed by atoms with E-state index in [1.807, 2.05) is 79.7 Å². The van der Waals surface area contributed by atoms with E-state index in [-0.39, 0.29) is 17.4 Å². The van der Waals surface area contributed by atoms with Gasteiger partial charge in [-0.1, -0.05) is 66.2 Å². The Kier molecular flexibility index (Phi) is 9.55. The Morgan fingerprint density at radius 3 is 2.28 bits per heavy atom. The number of nitrogens with one attached hydrogen (secondary N) is 3. The van der Waals surface area contributed by atoms with Crippen molar-refractivity contribution in [2.75, 3.05) is 16.4 Å². The molecular weight excluding hydrogens is 609 g/mol. The number of aryl methyl sites for hydroxylation is 1. The van der Waals surface area contributed by atoms with Gasteiger partial charge in [0.05, 0.1) is 5.75 Å². The number of fused-ring (bicyclic) bond motifs is 1. The van der Waals surface area contributed by atoms with Gasteiger partial charge in [-0.15, -0.1) is 11.8 Å². The number of thioether (sulfide) groups is 1. The van der Waals surface area contributed by atoms with Crippen LogP contribution in [0.5, 0.6) is 0 Å². The van der Waals surface area contributed by atoms with E-state index in [0.29, 0.717) is 22.8 Å². The van der Waals surface area contributed by atoms with Gasteiger partial charge in [-0.25, -0.2) is 4.98 Å². The van der Waals surface area contributed by atoms with E-state index in [9.17, 15) is 14.4 Å². The summed E-state index contributed by atoms with van der Waals surface area (Å²) in [6.45, 7) is 1.98. The lowest BCUT2D eigenvalue weighted by atomic mass is 10.1. The van der Waals surface area contributed by atoms with Crippen LogP contribution in [0.4, 0.5) is 11.4 Å². The highest BCUT2D eigenvalue weighted by atomic mass is 32.2. The lowest BCUT2D eigenvalue weighted by Crippen LogP contribution is -2.30. The molecule has 5 aromatic carbocycles. The van der Waals surface area contributed by atoms with Crippen LogP contribution in [0.15, 0.2) is 142 Å². The van der Waals surface area contributed by atoms with Gasteiger partial charge in [0.2, 0.25) is 11.8 Å². The number of para-hydroxylation sites is 2. The Morgan fingerprint density at radius 1 is 0.766 bits per heavy atom. The highest BCUT2D eigenvalue weighted by Crippen LogP contribution is 2.26. The molecule has 0 atom stereocenters. The molecule has 6 rings (SSSR count). The van der Waals surface area contributed by atoms with Crippen LogP contribution in [0, 0.1) is 6.92 Å². The fourth-order valence-electron chi connectivity index (χ4n) is 4.67. The number of aromatic nitrogens is 1. The Morgan fingerprint density at radius 2 is 1.51 bits per heavy atom. The van der Waals surface area contributed by atoms with Gasteiger partial charge in [0.1, 0.15) is 11.2 Å². The van der Waals surface area contributed by atoms with Crippen molar-refractivity contribution < 1.29 is 18.8 Å². The highest BCUT2D eigenvalue weighted by molar-refractivity contribution is 8.00. The average Bonchev–Trinajstić information content (AvgIpc) is 3.53. The van der Waals surface area contributed by atoms with Gasteiger partial charge in [0, 0.05) is 27.4 Å². The first-order chi connectivity index (χ1) is 22.9. The Bertz CT molecular complexity index is 2040. The van der Waals surface area contributed by atoms with Gasteiger partial charge in [-0.05, 0) is 85.3 Å². The molecule has 47 heavy (non-hydrogen) atoms. The molecule has 3 N–H and O–H groups in total. The third kappa shape index (κ3) is 8.22. The first-order valence-electron chi connectivity index (χ1n) is 14.8. The second-order valence-corrected chi connectivity index (χ2v) is 11.7. The molecule has 0 saturated carbocycles. The number of amides is 3. The van der Waals surface area contributed by atoms with Crippen molar-refractivity contribution in [3.63, 3.8) is 0 Å². The zero-order chi connectivity index (χ0) is 32.6. The Balaban J connectivity index is 1.07. The Labute approximate surface area is 275 Å². The number of anilines is 2. The van der Waals surface area contributed by atoms with Crippen molar-refractivity contribution >= 4 is 58.0 Å². The van der Waals surface area contributed by atoms with Crippen molar-refractivity contribution in [3.05, 3.63) is 150 Å². The van der Waals surface area contributed by atoms with E-state index >= 15 is 0 Å². The predicted molar refractivity (Wildman–Crippen MR) is 187 cm³/mol. The molecule has 0 saturated heterocycles. The summed E-state index contributed by atoms with van der Waals surface area (Å²) >= 11 is 1.34. The van der Waals surface area contributed by atoms with Crippen LogP contribution in [0.1, 0.15) is 21.5 Å². The molecule has 0 fully saturated rings. The summed E-state index contributed by atoms with van der Waals surface area (Å²) in [6, 6.07) is 38.4. The van der Waals surface area contributed by atoms with Gasteiger partial charge in [-0.3, -0.25) is 14.4 Å². The van der Waals surface area contributed by atoms with Gasteiger partial charge >= 0.3 is 0 Å². The van der Waals surface area contributed by atoms with Crippen LogP contribution in [0.3, 0.4) is 0 Å². The number of benzene rings is 5. The van der Waals surface area contributed by atoms with Crippen LogP contribution >= 0.6 is 11.8 Å². The molecule has 0 bridgehead atoms. The van der Waals surface area contributed by atoms with Gasteiger partial charge in [-0.2, -0.15) is 0 Å². The Hall–Kier alpha value is -5.93. The highest BCUT2D eigenvalue weighted by Gasteiger charge is 2.16. The zero-order valence-electron chi connectivity index (χ0n) is 25.4. The van der Waals surface area contributed by atoms with Crippen molar-refractivity contribution in [3.8, 4) is 11.5 Å². The molecule has 8 nitrogen and oxygen atoms in total. The summed E-state index contributed by atoms with van der Waals surface area (Å²) in [5.74, 6) is -0.365. The van der Waals surface area contributed by atoms with Gasteiger partial charge in [0.15, 0.2) is 5.58 Å². The molecule has 3 amide bonds. The van der Waals surface area contributed by atoms with Crippen LogP contribution in [-0.2, 0) is 9.59 Å². The third-order valence-electron chi connectivity index (χ3n) is 7.09. The van der Waals surface area contributed by atoms with Crippen LogP contribution in [-0.4, -0.2) is 28.5 Å².